The van der Waals surface area contributed by atoms with Gasteiger partial charge in [-0.25, -0.2) is 9.59 Å². The lowest BCUT2D eigenvalue weighted by atomic mass is 9.72. The van der Waals surface area contributed by atoms with Crippen molar-refractivity contribution in [2.45, 2.75) is 34.6 Å². The van der Waals surface area contributed by atoms with Gasteiger partial charge in [-0.3, -0.25) is 0 Å². The molecule has 0 saturated heterocycles. The van der Waals surface area contributed by atoms with Crippen LogP contribution < -0.4 is 0 Å². The van der Waals surface area contributed by atoms with Crippen molar-refractivity contribution in [2.75, 3.05) is 0 Å². The first-order valence-electron chi connectivity index (χ1n) is 5.30. The Labute approximate surface area is 99.4 Å². The highest BCUT2D eigenvalue weighted by atomic mass is 17.1. The molecule has 0 aliphatic heterocycles. The fraction of sp³-hybridized carbons (Fsp3) is 0.818. The summed E-state index contributed by atoms with van der Waals surface area (Å²) in [7, 11) is 0. The van der Waals surface area contributed by atoms with Gasteiger partial charge in [-0.1, -0.05) is 34.6 Å². The van der Waals surface area contributed by atoms with Crippen molar-refractivity contribution >= 4 is 11.9 Å². The first-order chi connectivity index (χ1) is 7.58. The van der Waals surface area contributed by atoms with Gasteiger partial charge in [0.1, 0.15) is 0 Å². The third kappa shape index (κ3) is 1.47. The minimum atomic E-state index is -1.21. The third-order valence-electron chi connectivity index (χ3n) is 4.00. The Balaban J connectivity index is 3.30. The van der Waals surface area contributed by atoms with Crippen molar-refractivity contribution in [3.8, 4) is 0 Å². The van der Waals surface area contributed by atoms with Crippen LogP contribution in [0.5, 0.6) is 0 Å². The smallest absolute Gasteiger partial charge is 0.301 e. The van der Waals surface area contributed by atoms with Crippen LogP contribution in [0.2, 0.25) is 0 Å². The van der Waals surface area contributed by atoms with Gasteiger partial charge in [-0.15, -0.1) is 0 Å². The van der Waals surface area contributed by atoms with E-state index in [1.165, 1.54) is 0 Å². The van der Waals surface area contributed by atoms with E-state index in [9.17, 15) is 9.59 Å². The lowest BCUT2D eigenvalue weighted by Gasteiger charge is -2.31. The number of hydrogen-bond acceptors (Lipinski definition) is 6. The molecule has 6 nitrogen and oxygen atoms in total. The maximum absolute atomic E-state index is 11.8. The van der Waals surface area contributed by atoms with Crippen molar-refractivity contribution in [1.82, 2.24) is 0 Å². The van der Waals surface area contributed by atoms with Gasteiger partial charge in [-0.2, -0.15) is 10.5 Å². The number of carbonyl (C=O) groups is 2. The molecule has 98 valence electrons. The number of hydrogen-bond donors (Lipinski definition) is 2. The van der Waals surface area contributed by atoms with Crippen molar-refractivity contribution in [2.24, 2.45) is 22.2 Å². The van der Waals surface area contributed by atoms with Gasteiger partial charge in [0.2, 0.25) is 0 Å². The number of rotatable bonds is 2. The molecule has 0 aromatic carbocycles. The molecule has 0 aromatic heterocycles. The SMILES string of the molecule is CC(C)(C)C1(C(=O)OO)C(C(=O)OO)C1(C)C. The van der Waals surface area contributed by atoms with Gasteiger partial charge in [0.05, 0.1) is 11.3 Å². The molecule has 1 rings (SSSR count). The Kier molecular flexibility index (Phi) is 3.01. The molecule has 17 heavy (non-hydrogen) atoms. The minimum absolute atomic E-state index is 0.630. The van der Waals surface area contributed by atoms with Gasteiger partial charge in [0, 0.05) is 0 Å². The fourth-order valence-electron chi connectivity index (χ4n) is 3.45. The summed E-state index contributed by atoms with van der Waals surface area (Å²) in [6, 6.07) is 0. The summed E-state index contributed by atoms with van der Waals surface area (Å²) < 4.78 is 0. The van der Waals surface area contributed by atoms with Gasteiger partial charge in [0.25, 0.3) is 0 Å². The summed E-state index contributed by atoms with van der Waals surface area (Å²) in [5, 5.41) is 17.1. The lowest BCUT2D eigenvalue weighted by molar-refractivity contribution is -0.250. The van der Waals surface area contributed by atoms with Crippen molar-refractivity contribution in [3.63, 3.8) is 0 Å². The molecule has 2 atom stereocenters. The summed E-state index contributed by atoms with van der Waals surface area (Å²) in [4.78, 5) is 30.9. The first kappa shape index (κ1) is 13.9. The minimum Gasteiger partial charge on any atom is -0.301 e. The zero-order chi connectivity index (χ0) is 13.6. The summed E-state index contributed by atoms with van der Waals surface area (Å²) in [5.41, 5.74) is -2.60. The topological polar surface area (TPSA) is 93.1 Å². The van der Waals surface area contributed by atoms with Gasteiger partial charge in [0.15, 0.2) is 0 Å². The molecule has 0 heterocycles. The molecule has 0 radical (unpaired) electrons. The van der Waals surface area contributed by atoms with E-state index in [0.29, 0.717) is 0 Å². The van der Waals surface area contributed by atoms with Gasteiger partial charge < -0.3 is 9.78 Å². The van der Waals surface area contributed by atoms with E-state index in [4.69, 9.17) is 10.5 Å². The van der Waals surface area contributed by atoms with Crippen LogP contribution in [0.1, 0.15) is 34.6 Å². The molecule has 2 N–H and O–H groups in total. The second-order valence-electron chi connectivity index (χ2n) is 6.00. The Hall–Kier alpha value is -1.14. The molecule has 0 aromatic rings. The first-order valence-corrected chi connectivity index (χ1v) is 5.30. The molecular formula is C11H18O6. The summed E-state index contributed by atoms with van der Waals surface area (Å²) >= 11 is 0. The predicted octanol–water partition coefficient (Wildman–Crippen LogP) is 1.71. The zero-order valence-electron chi connectivity index (χ0n) is 10.6. The summed E-state index contributed by atoms with van der Waals surface area (Å²) in [6.45, 7) is 8.66. The average molecular weight is 246 g/mol. The van der Waals surface area contributed by atoms with Crippen LogP contribution >= 0.6 is 0 Å². The third-order valence-corrected chi connectivity index (χ3v) is 4.00. The standard InChI is InChI=1S/C11H18O6/c1-9(2,3)11(8(13)17-15)6(7(12)16-14)10(11,4)5/h6,14-15H,1-5H3. The number of carbonyl (C=O) groups excluding carboxylic acids is 2. The fourth-order valence-corrected chi connectivity index (χ4v) is 3.45. The predicted molar refractivity (Wildman–Crippen MR) is 56.6 cm³/mol. The van der Waals surface area contributed by atoms with Crippen LogP contribution in [0.15, 0.2) is 0 Å². The Morgan fingerprint density at radius 1 is 1.12 bits per heavy atom. The Bertz CT molecular complexity index is 353. The van der Waals surface area contributed by atoms with E-state index in [1.807, 2.05) is 0 Å². The maximum Gasteiger partial charge on any atom is 0.350 e. The maximum atomic E-state index is 11.8. The molecular weight excluding hydrogens is 228 g/mol. The van der Waals surface area contributed by atoms with E-state index in [0.717, 1.165) is 0 Å². The highest BCUT2D eigenvalue weighted by Gasteiger charge is 2.84. The van der Waals surface area contributed by atoms with Crippen LogP contribution in [-0.4, -0.2) is 22.5 Å². The molecule has 1 aliphatic rings. The van der Waals surface area contributed by atoms with Crippen LogP contribution in [0.25, 0.3) is 0 Å². The van der Waals surface area contributed by atoms with Gasteiger partial charge >= 0.3 is 11.9 Å². The lowest BCUT2D eigenvalue weighted by Crippen LogP contribution is -2.37. The summed E-state index contributed by atoms with van der Waals surface area (Å²) in [6.07, 6.45) is 0. The normalized spacial score (nSPS) is 30.6. The van der Waals surface area contributed by atoms with E-state index in [2.05, 4.69) is 9.78 Å². The van der Waals surface area contributed by atoms with Crippen LogP contribution in [-0.2, 0) is 19.4 Å². The summed E-state index contributed by atoms with van der Waals surface area (Å²) in [5.74, 6) is -2.62. The largest absolute Gasteiger partial charge is 0.350 e. The molecule has 1 fully saturated rings. The molecule has 1 saturated carbocycles. The Morgan fingerprint density at radius 2 is 1.59 bits per heavy atom. The van der Waals surface area contributed by atoms with Crippen molar-refractivity contribution in [3.05, 3.63) is 0 Å². The molecule has 1 aliphatic carbocycles. The molecule has 6 heteroatoms. The quantitative estimate of drug-likeness (QED) is 0.569. The van der Waals surface area contributed by atoms with Crippen LogP contribution in [0.4, 0.5) is 0 Å². The molecule has 0 amide bonds. The highest BCUT2D eigenvalue weighted by molar-refractivity contribution is 5.93. The zero-order valence-corrected chi connectivity index (χ0v) is 10.6. The van der Waals surface area contributed by atoms with Crippen LogP contribution in [0, 0.1) is 22.2 Å². The second kappa shape index (κ2) is 3.68. The molecule has 0 spiro atoms. The van der Waals surface area contributed by atoms with Crippen molar-refractivity contribution < 1.29 is 29.9 Å². The molecule has 0 bridgehead atoms. The van der Waals surface area contributed by atoms with Crippen molar-refractivity contribution in [1.29, 1.82) is 0 Å². The second-order valence-corrected chi connectivity index (χ2v) is 6.00. The molecule has 2 unspecified atom stereocenters. The highest BCUT2D eigenvalue weighted by Crippen LogP contribution is 2.76. The van der Waals surface area contributed by atoms with E-state index in [-0.39, 0.29) is 0 Å². The van der Waals surface area contributed by atoms with E-state index in [1.54, 1.807) is 34.6 Å². The van der Waals surface area contributed by atoms with E-state index >= 15 is 0 Å². The van der Waals surface area contributed by atoms with E-state index < -0.39 is 34.1 Å². The van der Waals surface area contributed by atoms with Gasteiger partial charge in [-0.05, 0) is 10.8 Å². The van der Waals surface area contributed by atoms with Crippen LogP contribution in [0.3, 0.4) is 0 Å². The Morgan fingerprint density at radius 3 is 1.88 bits per heavy atom. The monoisotopic (exact) mass is 246 g/mol. The average Bonchev–Trinajstić information content (AvgIpc) is 2.74.